The van der Waals surface area contributed by atoms with Crippen molar-refractivity contribution in [2.75, 3.05) is 6.54 Å². The van der Waals surface area contributed by atoms with Crippen molar-refractivity contribution >= 4 is 0 Å². The van der Waals surface area contributed by atoms with Crippen molar-refractivity contribution in [1.82, 2.24) is 15.1 Å². The topological polar surface area (TPSA) is 29.9 Å². The van der Waals surface area contributed by atoms with Crippen LogP contribution in [0.25, 0.3) is 0 Å². The first-order chi connectivity index (χ1) is 9.72. The Morgan fingerprint density at radius 1 is 1.35 bits per heavy atom. The number of hydrogen-bond acceptors (Lipinski definition) is 2. The van der Waals surface area contributed by atoms with Gasteiger partial charge in [-0.3, -0.25) is 4.68 Å². The summed E-state index contributed by atoms with van der Waals surface area (Å²) in [6.07, 6.45) is 9.45. The van der Waals surface area contributed by atoms with Crippen molar-refractivity contribution in [3.63, 3.8) is 0 Å². The van der Waals surface area contributed by atoms with E-state index in [4.69, 9.17) is 0 Å². The van der Waals surface area contributed by atoms with Crippen LogP contribution in [-0.2, 0) is 13.0 Å². The number of aromatic nitrogens is 2. The molecule has 1 N–H and O–H groups in total. The second-order valence-corrected chi connectivity index (χ2v) is 6.33. The van der Waals surface area contributed by atoms with Crippen LogP contribution in [0.5, 0.6) is 0 Å². The van der Waals surface area contributed by atoms with Crippen molar-refractivity contribution in [1.29, 1.82) is 0 Å². The maximum Gasteiger partial charge on any atom is 0.0596 e. The second-order valence-electron chi connectivity index (χ2n) is 6.33. The largest absolute Gasteiger partial charge is 0.314 e. The predicted octanol–water partition coefficient (Wildman–Crippen LogP) is 3.70. The molecule has 0 aliphatic heterocycles. The maximum absolute atomic E-state index is 4.58. The van der Waals surface area contributed by atoms with Crippen LogP contribution in [0, 0.1) is 12.8 Å². The van der Waals surface area contributed by atoms with Gasteiger partial charge in [-0.1, -0.05) is 32.6 Å². The van der Waals surface area contributed by atoms with Gasteiger partial charge in [0, 0.05) is 24.7 Å². The molecule has 20 heavy (non-hydrogen) atoms. The lowest BCUT2D eigenvalue weighted by atomic mass is 9.95. The zero-order valence-corrected chi connectivity index (χ0v) is 13.5. The number of nitrogens with one attached hydrogen (secondary N) is 1. The van der Waals surface area contributed by atoms with Crippen LogP contribution >= 0.6 is 0 Å². The zero-order valence-electron chi connectivity index (χ0n) is 13.5. The van der Waals surface area contributed by atoms with Crippen molar-refractivity contribution in [3.05, 3.63) is 17.5 Å². The van der Waals surface area contributed by atoms with Gasteiger partial charge in [-0.2, -0.15) is 5.10 Å². The SMILES string of the molecule is CCCNC(Cc1cc(C)nn1CC)CC1CCCC1. The van der Waals surface area contributed by atoms with E-state index in [-0.39, 0.29) is 0 Å². The molecule has 0 bridgehead atoms. The van der Waals surface area contributed by atoms with E-state index >= 15 is 0 Å². The molecule has 1 aromatic rings. The molecular weight excluding hydrogens is 246 g/mol. The van der Waals surface area contributed by atoms with E-state index in [2.05, 4.69) is 41.9 Å². The van der Waals surface area contributed by atoms with Crippen molar-refractivity contribution in [3.8, 4) is 0 Å². The Morgan fingerprint density at radius 2 is 2.10 bits per heavy atom. The molecule has 0 spiro atoms. The highest BCUT2D eigenvalue weighted by molar-refractivity contribution is 5.10. The summed E-state index contributed by atoms with van der Waals surface area (Å²) >= 11 is 0. The Labute approximate surface area is 124 Å². The van der Waals surface area contributed by atoms with Gasteiger partial charge in [0.25, 0.3) is 0 Å². The maximum atomic E-state index is 4.58. The average molecular weight is 277 g/mol. The summed E-state index contributed by atoms with van der Waals surface area (Å²) in [4.78, 5) is 0. The summed E-state index contributed by atoms with van der Waals surface area (Å²) in [6, 6.07) is 2.89. The molecule has 1 saturated carbocycles. The van der Waals surface area contributed by atoms with Crippen molar-refractivity contribution in [2.24, 2.45) is 5.92 Å². The molecule has 1 fully saturated rings. The third-order valence-corrected chi connectivity index (χ3v) is 4.52. The number of nitrogens with zero attached hydrogens (tertiary/aromatic N) is 2. The van der Waals surface area contributed by atoms with E-state index in [1.165, 1.54) is 44.2 Å². The summed E-state index contributed by atoms with van der Waals surface area (Å²) in [5, 5.41) is 8.35. The Hall–Kier alpha value is -0.830. The van der Waals surface area contributed by atoms with Crippen LogP contribution in [0.4, 0.5) is 0 Å². The summed E-state index contributed by atoms with van der Waals surface area (Å²) in [6.45, 7) is 8.65. The number of aryl methyl sites for hydroxylation is 2. The highest BCUT2D eigenvalue weighted by atomic mass is 15.3. The highest BCUT2D eigenvalue weighted by Crippen LogP contribution is 2.29. The molecule has 2 rings (SSSR count). The van der Waals surface area contributed by atoms with Gasteiger partial charge in [0.15, 0.2) is 0 Å². The molecule has 3 nitrogen and oxygen atoms in total. The normalized spacial score (nSPS) is 17.8. The molecule has 0 aromatic carbocycles. The van der Waals surface area contributed by atoms with Gasteiger partial charge in [-0.25, -0.2) is 0 Å². The molecule has 0 amide bonds. The minimum atomic E-state index is 0.624. The first-order valence-electron chi connectivity index (χ1n) is 8.49. The zero-order chi connectivity index (χ0) is 14.4. The summed E-state index contributed by atoms with van der Waals surface area (Å²) in [5.41, 5.74) is 2.55. The van der Waals surface area contributed by atoms with E-state index in [0.717, 1.165) is 31.1 Å². The van der Waals surface area contributed by atoms with Crippen LogP contribution in [0.15, 0.2) is 6.07 Å². The smallest absolute Gasteiger partial charge is 0.0596 e. The number of rotatable bonds is 8. The molecule has 1 aromatic heterocycles. The lowest BCUT2D eigenvalue weighted by Gasteiger charge is -2.22. The Kier molecular flexibility index (Phi) is 6.08. The lowest BCUT2D eigenvalue weighted by molar-refractivity contribution is 0.378. The monoisotopic (exact) mass is 277 g/mol. The van der Waals surface area contributed by atoms with Gasteiger partial charge >= 0.3 is 0 Å². The first kappa shape index (κ1) is 15.6. The van der Waals surface area contributed by atoms with E-state index in [1.54, 1.807) is 0 Å². The van der Waals surface area contributed by atoms with Gasteiger partial charge < -0.3 is 5.32 Å². The fourth-order valence-electron chi connectivity index (χ4n) is 3.53. The van der Waals surface area contributed by atoms with E-state index < -0.39 is 0 Å². The fourth-order valence-corrected chi connectivity index (χ4v) is 3.53. The molecule has 114 valence electrons. The quantitative estimate of drug-likeness (QED) is 0.785. The minimum Gasteiger partial charge on any atom is -0.314 e. The van der Waals surface area contributed by atoms with Gasteiger partial charge in [0.1, 0.15) is 0 Å². The van der Waals surface area contributed by atoms with E-state index in [0.29, 0.717) is 6.04 Å². The third-order valence-electron chi connectivity index (χ3n) is 4.52. The van der Waals surface area contributed by atoms with Gasteiger partial charge in [-0.15, -0.1) is 0 Å². The van der Waals surface area contributed by atoms with Crippen molar-refractivity contribution < 1.29 is 0 Å². The molecular formula is C17H31N3. The van der Waals surface area contributed by atoms with Crippen LogP contribution in [0.3, 0.4) is 0 Å². The molecule has 1 aliphatic carbocycles. The van der Waals surface area contributed by atoms with Crippen LogP contribution in [-0.4, -0.2) is 22.4 Å². The van der Waals surface area contributed by atoms with Crippen LogP contribution in [0.2, 0.25) is 0 Å². The van der Waals surface area contributed by atoms with Crippen LogP contribution < -0.4 is 5.32 Å². The molecule has 1 atom stereocenters. The van der Waals surface area contributed by atoms with E-state index in [9.17, 15) is 0 Å². The number of hydrogen-bond donors (Lipinski definition) is 1. The second kappa shape index (κ2) is 7.82. The van der Waals surface area contributed by atoms with Gasteiger partial charge in [0.05, 0.1) is 5.69 Å². The van der Waals surface area contributed by atoms with Crippen LogP contribution in [0.1, 0.15) is 63.8 Å². The molecule has 1 aliphatic rings. The Balaban J connectivity index is 1.97. The Morgan fingerprint density at radius 3 is 2.75 bits per heavy atom. The minimum absolute atomic E-state index is 0.624. The fraction of sp³-hybridized carbons (Fsp3) is 0.824. The average Bonchev–Trinajstić information content (AvgIpc) is 3.05. The summed E-state index contributed by atoms with van der Waals surface area (Å²) in [5.74, 6) is 0.948. The molecule has 0 saturated heterocycles. The molecule has 3 heteroatoms. The highest BCUT2D eigenvalue weighted by Gasteiger charge is 2.21. The summed E-state index contributed by atoms with van der Waals surface area (Å²) < 4.78 is 2.17. The summed E-state index contributed by atoms with van der Waals surface area (Å²) in [7, 11) is 0. The first-order valence-corrected chi connectivity index (χ1v) is 8.49. The molecule has 1 heterocycles. The lowest BCUT2D eigenvalue weighted by Crippen LogP contribution is -2.34. The van der Waals surface area contributed by atoms with E-state index in [1.807, 2.05) is 0 Å². The third kappa shape index (κ3) is 4.34. The van der Waals surface area contributed by atoms with Gasteiger partial charge in [-0.05, 0) is 45.2 Å². The predicted molar refractivity (Wildman–Crippen MR) is 85.0 cm³/mol. The van der Waals surface area contributed by atoms with Gasteiger partial charge in [0.2, 0.25) is 0 Å². The van der Waals surface area contributed by atoms with Crippen molar-refractivity contribution in [2.45, 2.75) is 78.3 Å². The molecule has 0 radical (unpaired) electrons. The Bertz CT molecular complexity index is 391. The molecule has 1 unspecified atom stereocenters. The standard InChI is InChI=1S/C17H31N3/c1-4-10-18-16(12-15-8-6-7-9-15)13-17-11-14(3)19-20(17)5-2/h11,15-16,18H,4-10,12-13H2,1-3H3.